The van der Waals surface area contributed by atoms with Gasteiger partial charge in [-0.2, -0.15) is 0 Å². The smallest absolute Gasteiger partial charge is 0.269 e. The Morgan fingerprint density at radius 1 is 1.40 bits per heavy atom. The van der Waals surface area contributed by atoms with Crippen molar-refractivity contribution in [3.05, 3.63) is 33.9 Å². The molecule has 0 atom stereocenters. The number of anilines is 1. The molecule has 1 amide bonds. The van der Waals surface area contributed by atoms with E-state index in [1.54, 1.807) is 0 Å². The molecule has 0 radical (unpaired) electrons. The maximum atomic E-state index is 11.1. The number of nitrogens with zero attached hydrogens (tertiary/aromatic N) is 1. The van der Waals surface area contributed by atoms with E-state index in [-0.39, 0.29) is 24.8 Å². The molecule has 0 unspecified atom stereocenters. The number of ether oxygens (including phenoxy) is 1. The highest BCUT2D eigenvalue weighted by atomic mass is 16.6. The molecule has 1 aliphatic rings. The van der Waals surface area contributed by atoms with Crippen LogP contribution >= 0.6 is 0 Å². The molecule has 78 valence electrons. The van der Waals surface area contributed by atoms with Gasteiger partial charge in [-0.25, -0.2) is 0 Å². The number of rotatable bonds is 1. The molecule has 6 nitrogen and oxygen atoms in total. The van der Waals surface area contributed by atoms with E-state index in [4.69, 9.17) is 4.74 Å². The van der Waals surface area contributed by atoms with Gasteiger partial charge in [-0.3, -0.25) is 14.9 Å². The van der Waals surface area contributed by atoms with Gasteiger partial charge in [0.15, 0.2) is 0 Å². The third-order valence-corrected chi connectivity index (χ3v) is 2.06. The van der Waals surface area contributed by atoms with Crippen LogP contribution in [0.5, 0.6) is 0 Å². The molecular formula is C9H8N2O4. The third-order valence-electron chi connectivity index (χ3n) is 2.06. The molecule has 1 aromatic rings. The Balaban J connectivity index is 2.40. The first kappa shape index (κ1) is 9.60. The fourth-order valence-electron chi connectivity index (χ4n) is 1.38. The summed E-state index contributed by atoms with van der Waals surface area (Å²) in [5, 5.41) is 13.1. The van der Waals surface area contributed by atoms with Crippen LogP contribution in [0, 0.1) is 10.1 Å². The van der Waals surface area contributed by atoms with Crippen LogP contribution < -0.4 is 5.32 Å². The summed E-state index contributed by atoms with van der Waals surface area (Å²) in [7, 11) is 0. The number of carbonyl (C=O) groups excluding carboxylic acids is 1. The normalized spacial score (nSPS) is 15.1. The van der Waals surface area contributed by atoms with Crippen molar-refractivity contribution in [1.29, 1.82) is 0 Å². The van der Waals surface area contributed by atoms with Gasteiger partial charge in [0.05, 0.1) is 11.5 Å². The molecule has 0 fully saturated rings. The minimum absolute atomic E-state index is 0.00602. The summed E-state index contributed by atoms with van der Waals surface area (Å²) in [6, 6.07) is 4.27. The first-order valence-electron chi connectivity index (χ1n) is 4.32. The molecule has 0 bridgehead atoms. The number of amides is 1. The average Bonchev–Trinajstić information content (AvgIpc) is 2.37. The summed E-state index contributed by atoms with van der Waals surface area (Å²) in [4.78, 5) is 21.1. The van der Waals surface area contributed by atoms with E-state index in [0.29, 0.717) is 11.3 Å². The van der Waals surface area contributed by atoms with Crippen molar-refractivity contribution < 1.29 is 14.5 Å². The molecule has 1 heterocycles. The summed E-state index contributed by atoms with van der Waals surface area (Å²) >= 11 is 0. The van der Waals surface area contributed by atoms with E-state index in [1.807, 2.05) is 0 Å². The molecule has 1 N–H and O–H groups in total. The van der Waals surface area contributed by atoms with Crippen molar-refractivity contribution in [3.8, 4) is 0 Å². The zero-order valence-corrected chi connectivity index (χ0v) is 7.73. The van der Waals surface area contributed by atoms with E-state index in [1.165, 1.54) is 18.2 Å². The number of carbonyl (C=O) groups is 1. The minimum atomic E-state index is -0.479. The van der Waals surface area contributed by atoms with Gasteiger partial charge in [0.2, 0.25) is 5.91 Å². The van der Waals surface area contributed by atoms with Crippen LogP contribution in [0.4, 0.5) is 11.4 Å². The monoisotopic (exact) mass is 208 g/mol. The fraction of sp³-hybridized carbons (Fsp3) is 0.222. The Morgan fingerprint density at radius 3 is 2.93 bits per heavy atom. The van der Waals surface area contributed by atoms with Crippen LogP contribution in [-0.4, -0.2) is 17.4 Å². The van der Waals surface area contributed by atoms with Gasteiger partial charge in [0, 0.05) is 23.4 Å². The Hall–Kier alpha value is -1.95. The molecule has 0 aliphatic carbocycles. The van der Waals surface area contributed by atoms with Crippen LogP contribution in [-0.2, 0) is 16.1 Å². The van der Waals surface area contributed by atoms with E-state index in [9.17, 15) is 14.9 Å². The highest BCUT2D eigenvalue weighted by Crippen LogP contribution is 2.24. The number of nitro benzene ring substituents is 1. The molecule has 1 aliphatic heterocycles. The lowest BCUT2D eigenvalue weighted by Gasteiger charge is -2.04. The van der Waals surface area contributed by atoms with Crippen molar-refractivity contribution in [2.24, 2.45) is 0 Å². The van der Waals surface area contributed by atoms with Gasteiger partial charge >= 0.3 is 0 Å². The average molecular weight is 208 g/mol. The Bertz CT molecular complexity index is 430. The molecule has 0 spiro atoms. The number of nitrogens with one attached hydrogen (secondary N) is 1. The van der Waals surface area contributed by atoms with Crippen LogP contribution in [0.25, 0.3) is 0 Å². The lowest BCUT2D eigenvalue weighted by atomic mass is 10.1. The van der Waals surface area contributed by atoms with Crippen molar-refractivity contribution in [3.63, 3.8) is 0 Å². The second kappa shape index (κ2) is 3.66. The Kier molecular flexibility index (Phi) is 2.34. The highest BCUT2D eigenvalue weighted by molar-refractivity contribution is 5.93. The second-order valence-electron chi connectivity index (χ2n) is 3.14. The van der Waals surface area contributed by atoms with Gasteiger partial charge in [-0.15, -0.1) is 0 Å². The number of hydrogen-bond acceptors (Lipinski definition) is 4. The second-order valence-corrected chi connectivity index (χ2v) is 3.14. The van der Waals surface area contributed by atoms with Crippen molar-refractivity contribution in [2.75, 3.05) is 11.9 Å². The molecule has 0 saturated carbocycles. The highest BCUT2D eigenvalue weighted by Gasteiger charge is 2.16. The zero-order valence-electron chi connectivity index (χ0n) is 7.73. The van der Waals surface area contributed by atoms with Crippen LogP contribution in [0.2, 0.25) is 0 Å². The SMILES string of the molecule is O=C1COCc2cc([N+](=O)[O-])ccc2N1. The lowest BCUT2D eigenvalue weighted by molar-refractivity contribution is -0.384. The first-order chi connectivity index (χ1) is 7.16. The summed E-state index contributed by atoms with van der Waals surface area (Å²) in [6.07, 6.45) is 0. The third kappa shape index (κ3) is 1.94. The van der Waals surface area contributed by atoms with Crippen LogP contribution in [0.1, 0.15) is 5.56 Å². The summed E-state index contributed by atoms with van der Waals surface area (Å²) in [5.74, 6) is -0.248. The molecule has 2 rings (SSSR count). The van der Waals surface area contributed by atoms with Gasteiger partial charge in [-0.05, 0) is 6.07 Å². The summed E-state index contributed by atoms with van der Waals surface area (Å²) in [5.41, 5.74) is 1.19. The lowest BCUT2D eigenvalue weighted by Crippen LogP contribution is -2.14. The topological polar surface area (TPSA) is 81.5 Å². The standard InChI is InChI=1S/C9H8N2O4/c12-9-5-15-4-6-3-7(11(13)14)1-2-8(6)10-9/h1-3H,4-5H2,(H,10,12). The largest absolute Gasteiger partial charge is 0.367 e. The van der Waals surface area contributed by atoms with Crippen LogP contribution in [0.3, 0.4) is 0 Å². The van der Waals surface area contributed by atoms with Crippen molar-refractivity contribution in [1.82, 2.24) is 0 Å². The van der Waals surface area contributed by atoms with Crippen LogP contribution in [0.15, 0.2) is 18.2 Å². The zero-order chi connectivity index (χ0) is 10.8. The number of hydrogen-bond donors (Lipinski definition) is 1. The Labute approximate surface area is 85.0 Å². The first-order valence-corrected chi connectivity index (χ1v) is 4.32. The van der Waals surface area contributed by atoms with Gasteiger partial charge in [0.1, 0.15) is 6.61 Å². The minimum Gasteiger partial charge on any atom is -0.367 e. The number of benzene rings is 1. The van der Waals surface area contributed by atoms with Gasteiger partial charge in [0.25, 0.3) is 5.69 Å². The summed E-state index contributed by atoms with van der Waals surface area (Å²) in [6.45, 7) is 0.179. The molecule has 0 aromatic heterocycles. The quantitative estimate of drug-likeness (QED) is 0.552. The van der Waals surface area contributed by atoms with Gasteiger partial charge in [-0.1, -0.05) is 0 Å². The molecular weight excluding hydrogens is 200 g/mol. The molecule has 15 heavy (non-hydrogen) atoms. The Morgan fingerprint density at radius 2 is 2.20 bits per heavy atom. The number of fused-ring (bicyclic) bond motifs is 1. The van der Waals surface area contributed by atoms with Crippen molar-refractivity contribution >= 4 is 17.3 Å². The summed E-state index contributed by atoms with van der Waals surface area (Å²) < 4.78 is 5.03. The molecule has 0 saturated heterocycles. The van der Waals surface area contributed by atoms with E-state index in [0.717, 1.165) is 0 Å². The predicted molar refractivity (Wildman–Crippen MR) is 51.4 cm³/mol. The number of non-ortho nitro benzene ring substituents is 1. The van der Waals surface area contributed by atoms with E-state index < -0.39 is 4.92 Å². The maximum Gasteiger partial charge on any atom is 0.269 e. The molecule has 6 heteroatoms. The maximum absolute atomic E-state index is 11.1. The molecule has 1 aromatic carbocycles. The predicted octanol–water partition coefficient (Wildman–Crippen LogP) is 1.06. The van der Waals surface area contributed by atoms with E-state index >= 15 is 0 Å². The van der Waals surface area contributed by atoms with E-state index in [2.05, 4.69) is 5.32 Å². The van der Waals surface area contributed by atoms with Crippen molar-refractivity contribution in [2.45, 2.75) is 6.61 Å². The fourth-order valence-corrected chi connectivity index (χ4v) is 1.38. The van der Waals surface area contributed by atoms with Gasteiger partial charge < -0.3 is 10.1 Å². The number of nitro groups is 1.